The Kier molecular flexibility index (Phi) is 5.06. The molecule has 4 nitrogen and oxygen atoms in total. The molecule has 24 heavy (non-hydrogen) atoms. The molecule has 1 aromatic carbocycles. The molecule has 132 valence electrons. The van der Waals surface area contributed by atoms with Gasteiger partial charge in [-0.15, -0.1) is 0 Å². The summed E-state index contributed by atoms with van der Waals surface area (Å²) in [7, 11) is 1.75. The predicted molar refractivity (Wildman–Crippen MR) is 95.5 cm³/mol. The Hall–Kier alpha value is -1.10. The zero-order valence-electron chi connectivity index (χ0n) is 14.7. The number of benzene rings is 1. The normalized spacial score (nSPS) is 33.2. The van der Waals surface area contributed by atoms with Crippen LogP contribution >= 0.6 is 0 Å². The highest BCUT2D eigenvalue weighted by Gasteiger charge is 2.36. The minimum Gasteiger partial charge on any atom is -0.497 e. The van der Waals surface area contributed by atoms with Crippen molar-refractivity contribution >= 4 is 0 Å². The number of aryl methyl sites for hydroxylation is 1. The SMILES string of the molecule is COc1ccc2c(c1)CCCC2NC1CCCC1C1COCCN1. The summed E-state index contributed by atoms with van der Waals surface area (Å²) >= 11 is 0. The lowest BCUT2D eigenvalue weighted by Gasteiger charge is -2.36. The summed E-state index contributed by atoms with van der Waals surface area (Å²) in [5, 5.41) is 7.70. The third-order valence-corrected chi connectivity index (χ3v) is 6.12. The second-order valence-electron chi connectivity index (χ2n) is 7.51. The van der Waals surface area contributed by atoms with E-state index in [4.69, 9.17) is 9.47 Å². The Balaban J connectivity index is 1.47. The molecule has 0 radical (unpaired) electrons. The van der Waals surface area contributed by atoms with Gasteiger partial charge in [0, 0.05) is 24.7 Å². The summed E-state index contributed by atoms with van der Waals surface area (Å²) in [4.78, 5) is 0. The molecule has 4 heteroatoms. The van der Waals surface area contributed by atoms with E-state index >= 15 is 0 Å². The summed E-state index contributed by atoms with van der Waals surface area (Å²) < 4.78 is 11.1. The number of hydrogen-bond donors (Lipinski definition) is 2. The molecule has 4 rings (SSSR count). The maximum Gasteiger partial charge on any atom is 0.119 e. The smallest absolute Gasteiger partial charge is 0.119 e. The quantitative estimate of drug-likeness (QED) is 0.891. The van der Waals surface area contributed by atoms with Crippen molar-refractivity contribution in [1.82, 2.24) is 10.6 Å². The first-order valence-electron chi connectivity index (χ1n) is 9.59. The highest BCUT2D eigenvalue weighted by molar-refractivity contribution is 5.39. The molecule has 0 amide bonds. The number of morpholine rings is 1. The summed E-state index contributed by atoms with van der Waals surface area (Å²) in [5.74, 6) is 1.69. The molecule has 2 aliphatic carbocycles. The molecule has 1 saturated carbocycles. The highest BCUT2D eigenvalue weighted by Crippen LogP contribution is 2.36. The van der Waals surface area contributed by atoms with Crippen molar-refractivity contribution in [1.29, 1.82) is 0 Å². The zero-order valence-corrected chi connectivity index (χ0v) is 14.7. The average Bonchev–Trinajstić information content (AvgIpc) is 3.10. The van der Waals surface area contributed by atoms with Crippen molar-refractivity contribution in [3.63, 3.8) is 0 Å². The second-order valence-corrected chi connectivity index (χ2v) is 7.51. The van der Waals surface area contributed by atoms with Crippen LogP contribution in [0.1, 0.15) is 49.3 Å². The number of hydrogen-bond acceptors (Lipinski definition) is 4. The van der Waals surface area contributed by atoms with Gasteiger partial charge in [0.1, 0.15) is 5.75 Å². The van der Waals surface area contributed by atoms with Gasteiger partial charge in [-0.05, 0) is 61.3 Å². The van der Waals surface area contributed by atoms with Crippen molar-refractivity contribution in [2.24, 2.45) is 5.92 Å². The molecule has 1 heterocycles. The molecular formula is C20H30N2O2. The Labute approximate surface area is 145 Å². The molecule has 0 bridgehead atoms. The number of fused-ring (bicyclic) bond motifs is 1. The fourth-order valence-electron chi connectivity index (χ4n) is 4.89. The third-order valence-electron chi connectivity index (χ3n) is 6.12. The van der Waals surface area contributed by atoms with Crippen LogP contribution in [-0.2, 0) is 11.2 Å². The lowest BCUT2D eigenvalue weighted by atomic mass is 9.85. The van der Waals surface area contributed by atoms with Crippen molar-refractivity contribution in [2.45, 2.75) is 56.7 Å². The second kappa shape index (κ2) is 7.42. The lowest BCUT2D eigenvalue weighted by Crippen LogP contribution is -2.51. The van der Waals surface area contributed by atoms with Crippen molar-refractivity contribution < 1.29 is 9.47 Å². The van der Waals surface area contributed by atoms with Crippen LogP contribution < -0.4 is 15.4 Å². The zero-order chi connectivity index (χ0) is 16.4. The van der Waals surface area contributed by atoms with Crippen molar-refractivity contribution in [3.8, 4) is 5.75 Å². The molecule has 1 aliphatic heterocycles. The first-order valence-corrected chi connectivity index (χ1v) is 9.59. The minimum atomic E-state index is 0.495. The third kappa shape index (κ3) is 3.32. The Bertz CT molecular complexity index is 557. The minimum absolute atomic E-state index is 0.495. The van der Waals surface area contributed by atoms with Crippen molar-refractivity contribution in [2.75, 3.05) is 26.9 Å². The maximum atomic E-state index is 5.71. The van der Waals surface area contributed by atoms with E-state index in [0.29, 0.717) is 24.0 Å². The standard InChI is InChI=1S/C20H30N2O2/c1-23-15-8-9-16-14(12-15)4-2-6-18(16)22-19-7-3-5-17(19)20-13-24-11-10-21-20/h8-9,12,17-22H,2-7,10-11,13H2,1H3. The number of nitrogens with one attached hydrogen (secondary N) is 2. The van der Waals surface area contributed by atoms with Crippen LogP contribution in [-0.4, -0.2) is 39.0 Å². The molecule has 1 saturated heterocycles. The average molecular weight is 330 g/mol. The van der Waals surface area contributed by atoms with Gasteiger partial charge >= 0.3 is 0 Å². The van der Waals surface area contributed by atoms with E-state index < -0.39 is 0 Å². The monoisotopic (exact) mass is 330 g/mol. The Morgan fingerprint density at radius 2 is 2.17 bits per heavy atom. The molecule has 4 unspecified atom stereocenters. The van der Waals surface area contributed by atoms with Gasteiger partial charge in [0.15, 0.2) is 0 Å². The number of rotatable bonds is 4. The Morgan fingerprint density at radius 3 is 3.00 bits per heavy atom. The first-order chi connectivity index (χ1) is 11.8. The van der Waals surface area contributed by atoms with Crippen LogP contribution in [0.15, 0.2) is 18.2 Å². The Morgan fingerprint density at radius 1 is 1.21 bits per heavy atom. The molecule has 1 aromatic rings. The molecular weight excluding hydrogens is 300 g/mol. The van der Waals surface area contributed by atoms with Crippen LogP contribution in [0.4, 0.5) is 0 Å². The van der Waals surface area contributed by atoms with Crippen LogP contribution in [0.3, 0.4) is 0 Å². The van der Waals surface area contributed by atoms with Crippen molar-refractivity contribution in [3.05, 3.63) is 29.3 Å². The van der Waals surface area contributed by atoms with Gasteiger partial charge in [0.25, 0.3) is 0 Å². The van der Waals surface area contributed by atoms with E-state index in [1.165, 1.54) is 49.7 Å². The predicted octanol–water partition coefficient (Wildman–Crippen LogP) is 2.82. The van der Waals surface area contributed by atoms with E-state index in [1.54, 1.807) is 7.11 Å². The van der Waals surface area contributed by atoms with E-state index in [9.17, 15) is 0 Å². The fraction of sp³-hybridized carbons (Fsp3) is 0.700. The van der Waals surface area contributed by atoms with Crippen LogP contribution in [0.2, 0.25) is 0 Å². The molecule has 4 atom stereocenters. The van der Waals surface area contributed by atoms with Gasteiger partial charge in [-0.3, -0.25) is 0 Å². The summed E-state index contributed by atoms with van der Waals surface area (Å²) in [5.41, 5.74) is 2.95. The lowest BCUT2D eigenvalue weighted by molar-refractivity contribution is 0.0514. The van der Waals surface area contributed by atoms with Gasteiger partial charge in [0.05, 0.1) is 20.3 Å². The largest absolute Gasteiger partial charge is 0.497 e. The number of methoxy groups -OCH3 is 1. The van der Waals surface area contributed by atoms with Gasteiger partial charge < -0.3 is 20.1 Å². The summed E-state index contributed by atoms with van der Waals surface area (Å²) in [6, 6.07) is 8.25. The topological polar surface area (TPSA) is 42.5 Å². The van der Waals surface area contributed by atoms with Gasteiger partial charge in [0.2, 0.25) is 0 Å². The van der Waals surface area contributed by atoms with E-state index in [-0.39, 0.29) is 0 Å². The maximum absolute atomic E-state index is 5.71. The molecule has 0 spiro atoms. The fourth-order valence-corrected chi connectivity index (χ4v) is 4.89. The van der Waals surface area contributed by atoms with Gasteiger partial charge in [-0.2, -0.15) is 0 Å². The molecule has 0 aromatic heterocycles. The molecule has 2 fully saturated rings. The summed E-state index contributed by atoms with van der Waals surface area (Å²) in [6.07, 6.45) is 7.64. The number of ether oxygens (including phenoxy) is 2. The first kappa shape index (κ1) is 16.4. The molecule has 3 aliphatic rings. The molecule has 2 N–H and O–H groups in total. The van der Waals surface area contributed by atoms with E-state index in [1.807, 2.05) is 0 Å². The highest BCUT2D eigenvalue weighted by atomic mass is 16.5. The van der Waals surface area contributed by atoms with E-state index in [0.717, 1.165) is 25.5 Å². The van der Waals surface area contributed by atoms with E-state index in [2.05, 4.69) is 28.8 Å². The van der Waals surface area contributed by atoms with Crippen LogP contribution in [0.25, 0.3) is 0 Å². The summed E-state index contributed by atoms with van der Waals surface area (Å²) in [6.45, 7) is 2.74. The van der Waals surface area contributed by atoms with Gasteiger partial charge in [-0.25, -0.2) is 0 Å². The van der Waals surface area contributed by atoms with Crippen LogP contribution in [0, 0.1) is 5.92 Å². The van der Waals surface area contributed by atoms with Gasteiger partial charge in [-0.1, -0.05) is 12.5 Å². The van der Waals surface area contributed by atoms with Crippen LogP contribution in [0.5, 0.6) is 5.75 Å².